The minimum absolute atomic E-state index is 0.00162. The Balaban J connectivity index is 0.000000642. The number of hydrogen-bond donors (Lipinski definition) is 2. The van der Waals surface area contributed by atoms with Gasteiger partial charge in [-0.3, -0.25) is 4.90 Å². The maximum atomic E-state index is 12.2. The van der Waals surface area contributed by atoms with Crippen molar-refractivity contribution in [2.45, 2.75) is 76.7 Å². The predicted octanol–water partition coefficient (Wildman–Crippen LogP) is 7.06. The van der Waals surface area contributed by atoms with E-state index in [0.29, 0.717) is 35.9 Å². The van der Waals surface area contributed by atoms with Gasteiger partial charge in [0, 0.05) is 38.3 Å². The largest absolute Gasteiger partial charge is 0.455 e. The molecule has 1 aliphatic carbocycles. The molecule has 1 saturated carbocycles. The van der Waals surface area contributed by atoms with E-state index in [4.69, 9.17) is 21.1 Å². The van der Waals surface area contributed by atoms with E-state index in [2.05, 4.69) is 0 Å². The lowest BCUT2D eigenvalue weighted by atomic mass is 9.73. The zero-order valence-corrected chi connectivity index (χ0v) is 22.8. The fourth-order valence-corrected chi connectivity index (χ4v) is 5.60. The lowest BCUT2D eigenvalue weighted by Crippen LogP contribution is -2.46. The molecule has 36 heavy (non-hydrogen) atoms. The number of hydrogen-bond acceptors (Lipinski definition) is 5. The third-order valence-corrected chi connectivity index (χ3v) is 7.82. The van der Waals surface area contributed by atoms with Gasteiger partial charge >= 0.3 is 0 Å². The second-order valence-electron chi connectivity index (χ2n) is 10.2. The normalized spacial score (nSPS) is 19.9. The average Bonchev–Trinajstić information content (AvgIpc) is 3.49. The van der Waals surface area contributed by atoms with E-state index < -0.39 is 5.60 Å². The fraction of sp³-hybridized carbons (Fsp3) is 0.600. The van der Waals surface area contributed by atoms with Crippen molar-refractivity contribution in [3.8, 4) is 11.5 Å². The number of piperidine rings is 1. The second-order valence-corrected chi connectivity index (χ2v) is 10.6. The standard InChI is InChI=1S/C25H34ClNO4.C5H10/c1-19-9-3-4-13-23(19)31-24-21(11-7-12-22(24)26)25(29,14-5-6-16-30-2)20-10-8-15-27(17-20)18-28;1-2-4-5-3-1/h3-4,7,9,11-13,20,28-29H,5-6,8,10,14-18H2,1-2H3;1-5H2. The van der Waals surface area contributed by atoms with Crippen molar-refractivity contribution in [1.82, 2.24) is 4.90 Å². The van der Waals surface area contributed by atoms with Gasteiger partial charge in [-0.05, 0) is 56.7 Å². The van der Waals surface area contributed by atoms with Crippen LogP contribution in [0.2, 0.25) is 5.02 Å². The maximum absolute atomic E-state index is 12.2. The van der Waals surface area contributed by atoms with Crippen molar-refractivity contribution in [1.29, 1.82) is 0 Å². The number of aliphatic hydroxyl groups is 2. The van der Waals surface area contributed by atoms with Gasteiger partial charge in [0.05, 0.1) is 17.4 Å². The number of aryl methyl sites for hydroxylation is 1. The van der Waals surface area contributed by atoms with Crippen LogP contribution in [0.25, 0.3) is 0 Å². The quantitative estimate of drug-likeness (QED) is 0.330. The topological polar surface area (TPSA) is 62.2 Å². The van der Waals surface area contributed by atoms with E-state index >= 15 is 0 Å². The Morgan fingerprint density at radius 1 is 1.00 bits per heavy atom. The number of benzene rings is 2. The summed E-state index contributed by atoms with van der Waals surface area (Å²) in [6.45, 7) is 4.12. The van der Waals surface area contributed by atoms with Crippen molar-refractivity contribution in [2.75, 3.05) is 33.5 Å². The first kappa shape index (κ1) is 28.9. The summed E-state index contributed by atoms with van der Waals surface area (Å²) in [5.41, 5.74) is 0.594. The Morgan fingerprint density at radius 3 is 2.39 bits per heavy atom. The summed E-state index contributed by atoms with van der Waals surface area (Å²) in [6, 6.07) is 13.4. The van der Waals surface area contributed by atoms with Gasteiger partial charge in [0.25, 0.3) is 0 Å². The SMILES string of the molecule is C1CCCC1.COCCCCC(O)(c1cccc(Cl)c1Oc1ccccc1C)C1CCCN(CO)C1. The van der Waals surface area contributed by atoms with Gasteiger partial charge in [0.2, 0.25) is 0 Å². The second kappa shape index (κ2) is 14.9. The zero-order valence-electron chi connectivity index (χ0n) is 22.1. The van der Waals surface area contributed by atoms with Gasteiger partial charge in [0.15, 0.2) is 5.75 Å². The predicted molar refractivity (Wildman–Crippen MR) is 147 cm³/mol. The van der Waals surface area contributed by atoms with Crippen LogP contribution in [0, 0.1) is 12.8 Å². The highest BCUT2D eigenvalue weighted by Crippen LogP contribution is 2.47. The number of nitrogens with zero attached hydrogens (tertiary/aromatic N) is 1. The smallest absolute Gasteiger partial charge is 0.152 e. The van der Waals surface area contributed by atoms with Crippen molar-refractivity contribution in [2.24, 2.45) is 5.92 Å². The Hall–Kier alpha value is -1.63. The molecule has 2 unspecified atom stereocenters. The highest BCUT2D eigenvalue weighted by atomic mass is 35.5. The molecule has 2 atom stereocenters. The minimum Gasteiger partial charge on any atom is -0.455 e. The Kier molecular flexibility index (Phi) is 12.0. The lowest BCUT2D eigenvalue weighted by molar-refractivity contribution is -0.0730. The maximum Gasteiger partial charge on any atom is 0.152 e. The van der Waals surface area contributed by atoms with Crippen molar-refractivity contribution in [3.63, 3.8) is 0 Å². The minimum atomic E-state index is -1.12. The third kappa shape index (κ3) is 7.93. The average molecular weight is 518 g/mol. The zero-order chi connectivity index (χ0) is 25.8. The summed E-state index contributed by atoms with van der Waals surface area (Å²) in [5.74, 6) is 1.20. The molecule has 0 radical (unpaired) electrons. The monoisotopic (exact) mass is 517 g/mol. The van der Waals surface area contributed by atoms with Crippen molar-refractivity contribution in [3.05, 3.63) is 58.6 Å². The van der Waals surface area contributed by atoms with Crippen LogP contribution in [0.1, 0.15) is 75.3 Å². The molecule has 2 aromatic rings. The first-order valence-electron chi connectivity index (χ1n) is 13.6. The number of para-hydroxylation sites is 2. The van der Waals surface area contributed by atoms with Gasteiger partial charge in [-0.1, -0.05) is 74.0 Å². The highest BCUT2D eigenvalue weighted by Gasteiger charge is 2.42. The molecular weight excluding hydrogens is 474 g/mol. The van der Waals surface area contributed by atoms with Crippen molar-refractivity contribution >= 4 is 11.6 Å². The molecule has 1 saturated heterocycles. The van der Waals surface area contributed by atoms with Crippen LogP contribution >= 0.6 is 11.6 Å². The molecule has 1 aliphatic heterocycles. The number of methoxy groups -OCH3 is 1. The number of ether oxygens (including phenoxy) is 2. The molecule has 0 bridgehead atoms. The lowest BCUT2D eigenvalue weighted by Gasteiger charge is -2.43. The van der Waals surface area contributed by atoms with E-state index in [1.807, 2.05) is 48.2 Å². The number of likely N-dealkylation sites (tertiary alicyclic amines) is 1. The first-order chi connectivity index (χ1) is 17.5. The fourth-order valence-electron chi connectivity index (χ4n) is 5.39. The molecule has 4 rings (SSSR count). The number of halogens is 1. The van der Waals surface area contributed by atoms with E-state index in [9.17, 15) is 10.2 Å². The van der Waals surface area contributed by atoms with Crippen molar-refractivity contribution < 1.29 is 19.7 Å². The molecule has 2 N–H and O–H groups in total. The van der Waals surface area contributed by atoms with Gasteiger partial charge in [-0.25, -0.2) is 0 Å². The van der Waals surface area contributed by atoms with E-state index in [0.717, 1.165) is 43.5 Å². The molecule has 0 spiro atoms. The van der Waals surface area contributed by atoms with E-state index in [1.165, 1.54) is 32.1 Å². The Labute approximate surface area is 222 Å². The van der Waals surface area contributed by atoms with Crippen LogP contribution in [-0.2, 0) is 10.3 Å². The van der Waals surface area contributed by atoms with Gasteiger partial charge in [-0.15, -0.1) is 0 Å². The van der Waals surface area contributed by atoms with Crippen LogP contribution in [-0.4, -0.2) is 48.6 Å². The summed E-state index contributed by atoms with van der Waals surface area (Å²) in [7, 11) is 1.69. The molecule has 2 aromatic carbocycles. The molecule has 2 fully saturated rings. The molecule has 2 aliphatic rings. The van der Waals surface area contributed by atoms with Crippen LogP contribution in [0.4, 0.5) is 0 Å². The van der Waals surface area contributed by atoms with E-state index in [-0.39, 0.29) is 12.6 Å². The van der Waals surface area contributed by atoms with Crippen LogP contribution < -0.4 is 4.74 Å². The summed E-state index contributed by atoms with van der Waals surface area (Å²) in [4.78, 5) is 1.99. The summed E-state index contributed by atoms with van der Waals surface area (Å²) in [5, 5.41) is 22.4. The summed E-state index contributed by atoms with van der Waals surface area (Å²) >= 11 is 6.61. The Morgan fingerprint density at radius 2 is 1.72 bits per heavy atom. The first-order valence-corrected chi connectivity index (χ1v) is 13.9. The van der Waals surface area contributed by atoms with Gasteiger partial charge < -0.3 is 19.7 Å². The van der Waals surface area contributed by atoms with E-state index in [1.54, 1.807) is 13.2 Å². The van der Waals surface area contributed by atoms with Gasteiger partial charge in [0.1, 0.15) is 5.75 Å². The molecular formula is C30H44ClNO4. The number of aliphatic hydroxyl groups excluding tert-OH is 1. The molecule has 6 heteroatoms. The molecule has 5 nitrogen and oxygen atoms in total. The molecule has 0 aromatic heterocycles. The van der Waals surface area contributed by atoms with Crippen LogP contribution in [0.15, 0.2) is 42.5 Å². The molecule has 200 valence electrons. The highest BCUT2D eigenvalue weighted by molar-refractivity contribution is 6.32. The summed E-state index contributed by atoms with van der Waals surface area (Å²) in [6.07, 6.45) is 11.6. The number of unbranched alkanes of at least 4 members (excludes halogenated alkanes) is 1. The Bertz CT molecular complexity index is 912. The van der Waals surface area contributed by atoms with Gasteiger partial charge in [-0.2, -0.15) is 0 Å². The summed E-state index contributed by atoms with van der Waals surface area (Å²) < 4.78 is 11.5. The van der Waals surface area contributed by atoms with Crippen LogP contribution in [0.3, 0.4) is 0 Å². The molecule has 1 heterocycles. The number of rotatable bonds is 10. The third-order valence-electron chi connectivity index (χ3n) is 7.53. The van der Waals surface area contributed by atoms with Crippen LogP contribution in [0.5, 0.6) is 11.5 Å². The molecule has 0 amide bonds.